The second kappa shape index (κ2) is 7.77. The number of aliphatic imine (C=N–C) groups is 1. The van der Waals surface area contributed by atoms with Crippen LogP contribution in [0.25, 0.3) is 0 Å². The summed E-state index contributed by atoms with van der Waals surface area (Å²) in [5.74, 6) is 0.261. The van der Waals surface area contributed by atoms with E-state index in [1.54, 1.807) is 32.3 Å². The molecule has 0 unspecified atom stereocenters. The summed E-state index contributed by atoms with van der Waals surface area (Å²) < 4.78 is 23.2. The molecule has 9 heteroatoms. The molecule has 0 spiro atoms. The predicted octanol–water partition coefficient (Wildman–Crippen LogP) is 0.976. The van der Waals surface area contributed by atoms with Gasteiger partial charge in [-0.05, 0) is 30.5 Å². The van der Waals surface area contributed by atoms with Crippen LogP contribution in [0.5, 0.6) is 0 Å². The summed E-state index contributed by atoms with van der Waals surface area (Å²) in [6.07, 6.45) is 4.01. The number of anilines is 1. The SMILES string of the molecule is CNC(=O)Nc1ccc(CN=C(N)/C=C(\NC)C2(S(C)(=O)=O)CC2)cc1. The number of sulfone groups is 1. The van der Waals surface area contributed by atoms with E-state index in [9.17, 15) is 13.2 Å². The summed E-state index contributed by atoms with van der Waals surface area (Å²) in [5, 5.41) is 8.09. The van der Waals surface area contributed by atoms with Crippen LogP contribution in [-0.2, 0) is 16.4 Å². The first kappa shape index (κ1) is 19.8. The number of hydrogen-bond donors (Lipinski definition) is 4. The third kappa shape index (κ3) is 4.54. The maximum atomic E-state index is 12.0. The number of nitrogens with one attached hydrogen (secondary N) is 3. The summed E-state index contributed by atoms with van der Waals surface area (Å²) in [7, 11) is 0.0151. The Bertz CT molecular complexity index is 824. The summed E-state index contributed by atoms with van der Waals surface area (Å²) >= 11 is 0. The molecule has 5 N–H and O–H groups in total. The van der Waals surface area contributed by atoms with Crippen LogP contribution in [0.15, 0.2) is 41.0 Å². The third-order valence-corrected chi connectivity index (χ3v) is 6.40. The monoisotopic (exact) mass is 379 g/mol. The van der Waals surface area contributed by atoms with Crippen LogP contribution in [0.1, 0.15) is 18.4 Å². The first-order valence-corrected chi connectivity index (χ1v) is 10.1. The molecular formula is C17H25N5O3S. The van der Waals surface area contributed by atoms with Gasteiger partial charge in [0.2, 0.25) is 0 Å². The van der Waals surface area contributed by atoms with Crippen LogP contribution in [-0.4, -0.2) is 45.4 Å². The van der Waals surface area contributed by atoms with Gasteiger partial charge in [-0.15, -0.1) is 0 Å². The quantitative estimate of drug-likeness (QED) is 0.415. The van der Waals surface area contributed by atoms with Crippen LogP contribution in [0, 0.1) is 0 Å². The van der Waals surface area contributed by atoms with Crippen LogP contribution in [0.4, 0.5) is 10.5 Å². The fourth-order valence-corrected chi connectivity index (χ4v) is 4.05. The van der Waals surface area contributed by atoms with E-state index in [2.05, 4.69) is 20.9 Å². The standard InChI is InChI=1S/C17H25N5O3S/c1-19-14(17(8-9-17)26(3,24)25)10-15(18)21-11-12-4-6-13(7-5-12)22-16(23)20-2/h4-7,10,19H,8-9,11H2,1-3H3,(H2,18,21)(H2,20,22,23)/b14-10-. The normalized spacial score (nSPS) is 16.7. The highest BCUT2D eigenvalue weighted by Crippen LogP contribution is 2.47. The number of carbonyl (C=O) groups is 1. The molecule has 26 heavy (non-hydrogen) atoms. The highest BCUT2D eigenvalue weighted by Gasteiger charge is 2.55. The van der Waals surface area contributed by atoms with Gasteiger partial charge in [-0.2, -0.15) is 0 Å². The molecule has 0 heterocycles. The smallest absolute Gasteiger partial charge is 0.318 e. The second-order valence-corrected chi connectivity index (χ2v) is 8.54. The van der Waals surface area contributed by atoms with Crippen molar-refractivity contribution in [2.45, 2.75) is 24.1 Å². The molecule has 1 fully saturated rings. The highest BCUT2D eigenvalue weighted by atomic mass is 32.2. The molecule has 1 aliphatic carbocycles. The van der Waals surface area contributed by atoms with Crippen molar-refractivity contribution in [3.63, 3.8) is 0 Å². The van der Waals surface area contributed by atoms with E-state index >= 15 is 0 Å². The molecule has 142 valence electrons. The number of benzene rings is 1. The molecular weight excluding hydrogens is 354 g/mol. The Kier molecular flexibility index (Phi) is 5.91. The van der Waals surface area contributed by atoms with Gasteiger partial charge >= 0.3 is 6.03 Å². The highest BCUT2D eigenvalue weighted by molar-refractivity contribution is 7.92. The zero-order valence-electron chi connectivity index (χ0n) is 15.2. The maximum Gasteiger partial charge on any atom is 0.318 e. The van der Waals surface area contributed by atoms with E-state index in [-0.39, 0.29) is 11.9 Å². The van der Waals surface area contributed by atoms with E-state index in [0.717, 1.165) is 5.56 Å². The molecule has 1 aromatic rings. The van der Waals surface area contributed by atoms with Gasteiger partial charge in [-0.25, -0.2) is 13.2 Å². The Morgan fingerprint density at radius 2 is 1.85 bits per heavy atom. The lowest BCUT2D eigenvalue weighted by Crippen LogP contribution is -2.32. The molecule has 8 nitrogen and oxygen atoms in total. The molecule has 0 bridgehead atoms. The lowest BCUT2D eigenvalue weighted by molar-refractivity contribution is 0.254. The van der Waals surface area contributed by atoms with Gasteiger partial charge in [0.25, 0.3) is 0 Å². The topological polar surface area (TPSA) is 126 Å². The average molecular weight is 379 g/mol. The molecule has 0 radical (unpaired) electrons. The Balaban J connectivity index is 2.07. The summed E-state index contributed by atoms with van der Waals surface area (Å²) in [6, 6.07) is 6.93. The minimum atomic E-state index is -3.21. The molecule has 2 amide bonds. The summed E-state index contributed by atoms with van der Waals surface area (Å²) in [5.41, 5.74) is 8.12. The van der Waals surface area contributed by atoms with Crippen molar-refractivity contribution >= 4 is 27.4 Å². The fourth-order valence-electron chi connectivity index (χ4n) is 2.65. The molecule has 0 aromatic heterocycles. The molecule has 1 saturated carbocycles. The molecule has 1 aliphatic rings. The number of nitrogens with two attached hydrogens (primary N) is 1. The Labute approximate surface area is 153 Å². The first-order chi connectivity index (χ1) is 12.2. The largest absolute Gasteiger partial charge is 0.390 e. The van der Waals surface area contributed by atoms with Crippen LogP contribution in [0.2, 0.25) is 0 Å². The van der Waals surface area contributed by atoms with Crippen LogP contribution in [0.3, 0.4) is 0 Å². The molecule has 0 atom stereocenters. The van der Waals surface area contributed by atoms with Crippen molar-refractivity contribution in [1.82, 2.24) is 10.6 Å². The first-order valence-electron chi connectivity index (χ1n) is 8.19. The van der Waals surface area contributed by atoms with E-state index in [4.69, 9.17) is 5.73 Å². The van der Waals surface area contributed by atoms with E-state index in [1.165, 1.54) is 6.26 Å². The Morgan fingerprint density at radius 3 is 2.31 bits per heavy atom. The Morgan fingerprint density at radius 1 is 1.23 bits per heavy atom. The number of urea groups is 1. The van der Waals surface area contributed by atoms with Gasteiger partial charge in [0.05, 0.1) is 6.54 Å². The van der Waals surface area contributed by atoms with Crippen molar-refractivity contribution in [3.8, 4) is 0 Å². The second-order valence-electron chi connectivity index (χ2n) is 6.22. The minimum Gasteiger partial charge on any atom is -0.390 e. The number of hydrogen-bond acceptors (Lipinski definition) is 5. The summed E-state index contributed by atoms with van der Waals surface area (Å²) in [6.45, 7) is 0.353. The minimum absolute atomic E-state index is 0.261. The number of nitrogens with zero attached hydrogens (tertiary/aromatic N) is 1. The average Bonchev–Trinajstić information content (AvgIpc) is 3.40. The number of rotatable bonds is 7. The van der Waals surface area contributed by atoms with E-state index in [0.29, 0.717) is 30.8 Å². The molecule has 2 rings (SSSR count). The van der Waals surface area contributed by atoms with Gasteiger partial charge in [0, 0.05) is 37.8 Å². The van der Waals surface area contributed by atoms with Crippen molar-refractivity contribution in [2.75, 3.05) is 25.7 Å². The van der Waals surface area contributed by atoms with Gasteiger partial charge in [0.15, 0.2) is 9.84 Å². The van der Waals surface area contributed by atoms with Crippen molar-refractivity contribution < 1.29 is 13.2 Å². The lowest BCUT2D eigenvalue weighted by Gasteiger charge is -2.17. The van der Waals surface area contributed by atoms with Gasteiger partial charge in [-0.1, -0.05) is 12.1 Å². The van der Waals surface area contributed by atoms with Crippen LogP contribution < -0.4 is 21.7 Å². The zero-order valence-corrected chi connectivity index (χ0v) is 16.0. The number of amidine groups is 1. The number of amides is 2. The maximum absolute atomic E-state index is 12.0. The van der Waals surface area contributed by atoms with Gasteiger partial charge in [-0.3, -0.25) is 4.99 Å². The van der Waals surface area contributed by atoms with Crippen molar-refractivity contribution in [1.29, 1.82) is 0 Å². The van der Waals surface area contributed by atoms with Gasteiger partial charge < -0.3 is 21.7 Å². The Hall–Kier alpha value is -2.55. The van der Waals surface area contributed by atoms with E-state index in [1.807, 2.05) is 12.1 Å². The van der Waals surface area contributed by atoms with E-state index < -0.39 is 14.6 Å². The zero-order chi connectivity index (χ0) is 19.4. The molecule has 0 aliphatic heterocycles. The lowest BCUT2D eigenvalue weighted by atomic mass is 10.2. The summed E-state index contributed by atoms with van der Waals surface area (Å²) in [4.78, 5) is 15.5. The predicted molar refractivity (Wildman–Crippen MR) is 104 cm³/mol. The van der Waals surface area contributed by atoms with Crippen LogP contribution >= 0.6 is 0 Å². The number of carbonyl (C=O) groups excluding carboxylic acids is 1. The third-order valence-electron chi connectivity index (χ3n) is 4.35. The molecule has 1 aromatic carbocycles. The van der Waals surface area contributed by atoms with Crippen molar-refractivity contribution in [2.24, 2.45) is 10.7 Å². The van der Waals surface area contributed by atoms with Crippen molar-refractivity contribution in [3.05, 3.63) is 41.6 Å². The van der Waals surface area contributed by atoms with Gasteiger partial charge in [0.1, 0.15) is 10.6 Å². The fraction of sp³-hybridized carbons (Fsp3) is 0.412. The molecule has 0 saturated heterocycles.